The Morgan fingerprint density at radius 3 is 2.28 bits per heavy atom. The van der Waals surface area contributed by atoms with Gasteiger partial charge >= 0.3 is 12.1 Å². The van der Waals surface area contributed by atoms with Gasteiger partial charge in [-0.1, -0.05) is 12.1 Å². The van der Waals surface area contributed by atoms with Crippen LogP contribution in [0.3, 0.4) is 0 Å². The molecule has 2 N–H and O–H groups in total. The standard InChI is InChI=1S/C11H7F3N2O2/c12-11(13,14)8-5-15-9(16-8)6-1-3-7(4-2-6)10(17)18/h1-5H,(H,15,16)(H,17,18). The summed E-state index contributed by atoms with van der Waals surface area (Å²) in [4.78, 5) is 16.4. The van der Waals surface area contributed by atoms with Crippen LogP contribution >= 0.6 is 0 Å². The van der Waals surface area contributed by atoms with Gasteiger partial charge < -0.3 is 10.1 Å². The molecule has 0 aliphatic carbocycles. The molecule has 2 aromatic rings. The fraction of sp³-hybridized carbons (Fsp3) is 0.0909. The van der Waals surface area contributed by atoms with E-state index in [4.69, 9.17) is 5.11 Å². The van der Waals surface area contributed by atoms with Crippen LogP contribution in [0.4, 0.5) is 13.2 Å². The lowest BCUT2D eigenvalue weighted by atomic mass is 10.1. The predicted octanol–water partition coefficient (Wildman–Crippen LogP) is 2.79. The Morgan fingerprint density at radius 1 is 1.22 bits per heavy atom. The van der Waals surface area contributed by atoms with Crippen LogP contribution in [0.25, 0.3) is 11.4 Å². The fourth-order valence-corrected chi connectivity index (χ4v) is 1.38. The second-order valence-electron chi connectivity index (χ2n) is 3.53. The van der Waals surface area contributed by atoms with Gasteiger partial charge in [0.1, 0.15) is 11.5 Å². The first-order valence-corrected chi connectivity index (χ1v) is 4.84. The lowest BCUT2D eigenvalue weighted by Crippen LogP contribution is -2.04. The number of imidazole rings is 1. The molecule has 0 aliphatic heterocycles. The Kier molecular flexibility index (Phi) is 2.82. The minimum absolute atomic E-state index is 0.0410. The minimum Gasteiger partial charge on any atom is -0.478 e. The predicted molar refractivity (Wildman–Crippen MR) is 56.0 cm³/mol. The molecular formula is C11H7F3N2O2. The van der Waals surface area contributed by atoms with E-state index >= 15 is 0 Å². The van der Waals surface area contributed by atoms with Gasteiger partial charge in [-0.2, -0.15) is 13.2 Å². The average Bonchev–Trinajstić information content (AvgIpc) is 2.78. The molecule has 1 heterocycles. The lowest BCUT2D eigenvalue weighted by Gasteiger charge is -2.01. The number of nitrogens with one attached hydrogen (secondary N) is 1. The maximum atomic E-state index is 12.3. The molecule has 2 rings (SSSR count). The number of carboxylic acids is 1. The molecule has 4 nitrogen and oxygen atoms in total. The van der Waals surface area contributed by atoms with Crippen molar-refractivity contribution in [1.82, 2.24) is 9.97 Å². The zero-order valence-corrected chi connectivity index (χ0v) is 8.82. The number of aromatic nitrogens is 2. The number of aromatic amines is 1. The third kappa shape index (κ3) is 2.34. The van der Waals surface area contributed by atoms with E-state index in [0.29, 0.717) is 11.8 Å². The highest BCUT2D eigenvalue weighted by atomic mass is 19.4. The summed E-state index contributed by atoms with van der Waals surface area (Å²) in [5.41, 5.74) is -0.503. The molecule has 0 unspecified atom stereocenters. The molecule has 0 amide bonds. The maximum absolute atomic E-state index is 12.3. The molecule has 0 spiro atoms. The van der Waals surface area contributed by atoms with Crippen LogP contribution < -0.4 is 0 Å². The lowest BCUT2D eigenvalue weighted by molar-refractivity contribution is -0.140. The molecule has 94 valence electrons. The summed E-state index contributed by atoms with van der Waals surface area (Å²) in [6.07, 6.45) is -3.79. The molecule has 1 aromatic carbocycles. The number of hydrogen-bond acceptors (Lipinski definition) is 2. The fourth-order valence-electron chi connectivity index (χ4n) is 1.38. The van der Waals surface area contributed by atoms with E-state index in [1.54, 1.807) is 0 Å². The van der Waals surface area contributed by atoms with Crippen molar-refractivity contribution in [3.63, 3.8) is 0 Å². The van der Waals surface area contributed by atoms with Gasteiger partial charge in [0.15, 0.2) is 0 Å². The number of carboxylic acid groups (broad SMARTS) is 1. The first-order chi connectivity index (χ1) is 8.38. The van der Waals surface area contributed by atoms with Crippen LogP contribution in [0.5, 0.6) is 0 Å². The van der Waals surface area contributed by atoms with Crippen LogP contribution in [0.1, 0.15) is 16.1 Å². The minimum atomic E-state index is -4.48. The van der Waals surface area contributed by atoms with Gasteiger partial charge in [0.25, 0.3) is 0 Å². The molecule has 18 heavy (non-hydrogen) atoms. The first-order valence-electron chi connectivity index (χ1n) is 4.84. The third-order valence-corrected chi connectivity index (χ3v) is 2.29. The summed E-state index contributed by atoms with van der Waals surface area (Å²) in [5, 5.41) is 8.68. The smallest absolute Gasteiger partial charge is 0.432 e. The van der Waals surface area contributed by atoms with Gasteiger partial charge in [-0.05, 0) is 12.1 Å². The normalized spacial score (nSPS) is 11.5. The average molecular weight is 256 g/mol. The number of nitrogens with zero attached hydrogens (tertiary/aromatic N) is 1. The number of rotatable bonds is 2. The van der Waals surface area contributed by atoms with Crippen molar-refractivity contribution in [2.75, 3.05) is 0 Å². The van der Waals surface area contributed by atoms with Crippen molar-refractivity contribution in [2.45, 2.75) is 6.18 Å². The van der Waals surface area contributed by atoms with Gasteiger partial charge in [0.05, 0.1) is 11.8 Å². The molecule has 0 atom stereocenters. The van der Waals surface area contributed by atoms with E-state index in [9.17, 15) is 18.0 Å². The number of benzene rings is 1. The molecule has 0 saturated carbocycles. The van der Waals surface area contributed by atoms with Crippen molar-refractivity contribution >= 4 is 5.97 Å². The summed E-state index contributed by atoms with van der Waals surface area (Å²) in [6.45, 7) is 0. The molecule has 0 bridgehead atoms. The van der Waals surface area contributed by atoms with Crippen LogP contribution in [0.2, 0.25) is 0 Å². The Balaban J connectivity index is 2.32. The van der Waals surface area contributed by atoms with E-state index < -0.39 is 17.8 Å². The van der Waals surface area contributed by atoms with Gasteiger partial charge in [-0.3, -0.25) is 0 Å². The summed E-state index contributed by atoms with van der Waals surface area (Å²) >= 11 is 0. The van der Waals surface area contributed by atoms with Gasteiger partial charge in [-0.15, -0.1) is 0 Å². The molecule has 0 radical (unpaired) electrons. The number of halogens is 3. The van der Waals surface area contributed by atoms with Crippen LogP contribution in [0, 0.1) is 0 Å². The first kappa shape index (κ1) is 12.2. The Bertz CT molecular complexity index is 573. The number of hydrogen-bond donors (Lipinski definition) is 2. The van der Waals surface area contributed by atoms with Gasteiger partial charge in [-0.25, -0.2) is 9.78 Å². The number of alkyl halides is 3. The zero-order chi connectivity index (χ0) is 13.3. The molecule has 0 aliphatic rings. The van der Waals surface area contributed by atoms with Crippen LogP contribution in [-0.4, -0.2) is 21.0 Å². The van der Waals surface area contributed by atoms with E-state index in [2.05, 4.69) is 9.97 Å². The summed E-state index contributed by atoms with van der Waals surface area (Å²) in [5.74, 6) is -1.06. The quantitative estimate of drug-likeness (QED) is 0.868. The van der Waals surface area contributed by atoms with Crippen molar-refractivity contribution in [3.8, 4) is 11.4 Å². The van der Waals surface area contributed by atoms with E-state index in [1.165, 1.54) is 24.3 Å². The second-order valence-corrected chi connectivity index (χ2v) is 3.53. The second kappa shape index (κ2) is 4.17. The zero-order valence-electron chi connectivity index (χ0n) is 8.82. The van der Waals surface area contributed by atoms with E-state index in [0.717, 1.165) is 0 Å². The van der Waals surface area contributed by atoms with Gasteiger partial charge in [0, 0.05) is 5.56 Å². The largest absolute Gasteiger partial charge is 0.478 e. The molecule has 0 saturated heterocycles. The SMILES string of the molecule is O=C(O)c1ccc(-c2ncc(C(F)(F)F)[nH]2)cc1. The van der Waals surface area contributed by atoms with Crippen molar-refractivity contribution in [2.24, 2.45) is 0 Å². The summed E-state index contributed by atoms with van der Waals surface area (Å²) < 4.78 is 37.0. The Morgan fingerprint density at radius 2 is 1.83 bits per heavy atom. The van der Waals surface area contributed by atoms with Crippen molar-refractivity contribution < 1.29 is 23.1 Å². The molecule has 0 fully saturated rings. The monoisotopic (exact) mass is 256 g/mol. The maximum Gasteiger partial charge on any atom is 0.432 e. The van der Waals surface area contributed by atoms with E-state index in [-0.39, 0.29) is 11.4 Å². The number of H-pyrrole nitrogens is 1. The Labute approximate surface area is 99.1 Å². The van der Waals surface area contributed by atoms with Crippen molar-refractivity contribution in [3.05, 3.63) is 41.7 Å². The van der Waals surface area contributed by atoms with Gasteiger partial charge in [0.2, 0.25) is 0 Å². The topological polar surface area (TPSA) is 66.0 Å². The third-order valence-electron chi connectivity index (χ3n) is 2.29. The highest BCUT2D eigenvalue weighted by Gasteiger charge is 2.33. The van der Waals surface area contributed by atoms with Crippen LogP contribution in [0.15, 0.2) is 30.5 Å². The summed E-state index contributed by atoms with van der Waals surface area (Å²) in [7, 11) is 0. The van der Waals surface area contributed by atoms with E-state index in [1.807, 2.05) is 0 Å². The van der Waals surface area contributed by atoms with Crippen LogP contribution in [-0.2, 0) is 6.18 Å². The highest BCUT2D eigenvalue weighted by Crippen LogP contribution is 2.29. The number of carbonyl (C=O) groups is 1. The van der Waals surface area contributed by atoms with Crippen molar-refractivity contribution in [1.29, 1.82) is 0 Å². The molecular weight excluding hydrogens is 249 g/mol. The number of aromatic carboxylic acids is 1. The highest BCUT2D eigenvalue weighted by molar-refractivity contribution is 5.88. The Hall–Kier alpha value is -2.31. The molecule has 1 aromatic heterocycles. The summed E-state index contributed by atoms with van der Waals surface area (Å²) in [6, 6.07) is 5.38. The molecule has 7 heteroatoms.